The molecular formula is C23H29N3O3. The van der Waals surface area contributed by atoms with Gasteiger partial charge in [0.15, 0.2) is 0 Å². The molecule has 1 N–H and O–H groups in total. The Bertz CT molecular complexity index is 873. The number of carbonyl (C=O) groups excluding carboxylic acids is 2. The molecule has 0 atom stereocenters. The Morgan fingerprint density at radius 2 is 1.72 bits per heavy atom. The van der Waals surface area contributed by atoms with E-state index in [-0.39, 0.29) is 5.91 Å². The van der Waals surface area contributed by atoms with Crippen LogP contribution in [0, 0.1) is 13.8 Å². The summed E-state index contributed by atoms with van der Waals surface area (Å²) in [5.41, 5.74) is 4.60. The molecule has 29 heavy (non-hydrogen) atoms. The van der Waals surface area contributed by atoms with Crippen LogP contribution in [-0.2, 0) is 16.1 Å². The standard InChI is InChI=1S/C23H29N3O3/c1-17-5-4-6-19(13-17)15-25-9-11-26(12-10-25)16-22(27)24-21-14-20(23(28)29-3)8-7-18(21)2/h4-8,13-14H,9-12,15-16H2,1-3H3,(H,24,27). The molecule has 2 aromatic rings. The zero-order valence-corrected chi connectivity index (χ0v) is 17.4. The second-order valence-corrected chi connectivity index (χ2v) is 7.61. The smallest absolute Gasteiger partial charge is 0.337 e. The van der Waals surface area contributed by atoms with Crippen molar-refractivity contribution in [2.75, 3.05) is 45.2 Å². The van der Waals surface area contributed by atoms with Gasteiger partial charge in [0.2, 0.25) is 5.91 Å². The number of carbonyl (C=O) groups is 2. The van der Waals surface area contributed by atoms with Gasteiger partial charge in [-0.1, -0.05) is 35.9 Å². The molecule has 1 fully saturated rings. The predicted octanol–water partition coefficient (Wildman–Crippen LogP) is 2.85. The van der Waals surface area contributed by atoms with Gasteiger partial charge in [0.25, 0.3) is 0 Å². The molecule has 1 aliphatic rings. The van der Waals surface area contributed by atoms with Crippen LogP contribution in [0.25, 0.3) is 0 Å². The highest BCUT2D eigenvalue weighted by atomic mass is 16.5. The molecule has 0 bridgehead atoms. The van der Waals surface area contributed by atoms with E-state index in [2.05, 4.69) is 46.3 Å². The minimum absolute atomic E-state index is 0.0674. The van der Waals surface area contributed by atoms with Gasteiger partial charge in [0, 0.05) is 38.4 Å². The molecular weight excluding hydrogens is 366 g/mol. The number of ether oxygens (including phenoxy) is 1. The summed E-state index contributed by atoms with van der Waals surface area (Å²) >= 11 is 0. The molecule has 1 heterocycles. The first-order valence-electron chi connectivity index (χ1n) is 9.93. The zero-order valence-electron chi connectivity index (χ0n) is 17.4. The van der Waals surface area contributed by atoms with Crippen molar-refractivity contribution in [3.8, 4) is 0 Å². The van der Waals surface area contributed by atoms with Gasteiger partial charge in [0.05, 0.1) is 19.2 Å². The quantitative estimate of drug-likeness (QED) is 0.762. The van der Waals surface area contributed by atoms with E-state index in [4.69, 9.17) is 4.74 Å². The number of hydrogen-bond donors (Lipinski definition) is 1. The lowest BCUT2D eigenvalue weighted by Crippen LogP contribution is -2.48. The van der Waals surface area contributed by atoms with Crippen molar-refractivity contribution in [3.63, 3.8) is 0 Å². The fourth-order valence-electron chi connectivity index (χ4n) is 3.57. The van der Waals surface area contributed by atoms with Gasteiger partial charge >= 0.3 is 5.97 Å². The number of anilines is 1. The van der Waals surface area contributed by atoms with Crippen LogP contribution in [-0.4, -0.2) is 61.5 Å². The lowest BCUT2D eigenvalue weighted by molar-refractivity contribution is -0.117. The van der Waals surface area contributed by atoms with Crippen LogP contribution in [0.5, 0.6) is 0 Å². The molecule has 0 saturated carbocycles. The first-order valence-corrected chi connectivity index (χ1v) is 9.93. The number of rotatable bonds is 6. The van der Waals surface area contributed by atoms with Gasteiger partial charge in [-0.3, -0.25) is 14.6 Å². The van der Waals surface area contributed by atoms with Crippen LogP contribution in [0.15, 0.2) is 42.5 Å². The number of nitrogens with zero attached hydrogens (tertiary/aromatic N) is 2. The highest BCUT2D eigenvalue weighted by Gasteiger charge is 2.19. The largest absolute Gasteiger partial charge is 0.465 e. The van der Waals surface area contributed by atoms with E-state index in [1.165, 1.54) is 18.2 Å². The first kappa shape index (κ1) is 21.0. The Hall–Kier alpha value is -2.70. The topological polar surface area (TPSA) is 61.9 Å². The monoisotopic (exact) mass is 395 g/mol. The molecule has 0 spiro atoms. The molecule has 0 unspecified atom stereocenters. The molecule has 0 radical (unpaired) electrons. The van der Waals surface area contributed by atoms with Crippen LogP contribution in [0.4, 0.5) is 5.69 Å². The van der Waals surface area contributed by atoms with Gasteiger partial charge in [-0.05, 0) is 37.1 Å². The molecule has 6 heteroatoms. The van der Waals surface area contributed by atoms with Gasteiger partial charge < -0.3 is 10.1 Å². The number of hydrogen-bond acceptors (Lipinski definition) is 5. The second kappa shape index (κ2) is 9.67. The van der Waals surface area contributed by atoms with Crippen molar-refractivity contribution in [3.05, 3.63) is 64.7 Å². The van der Waals surface area contributed by atoms with Crippen LogP contribution in [0.1, 0.15) is 27.0 Å². The number of nitrogens with one attached hydrogen (secondary N) is 1. The van der Waals surface area contributed by atoms with E-state index < -0.39 is 5.97 Å². The van der Waals surface area contributed by atoms with Crippen molar-refractivity contribution < 1.29 is 14.3 Å². The summed E-state index contributed by atoms with van der Waals surface area (Å²) in [6.45, 7) is 8.92. The third-order valence-electron chi connectivity index (χ3n) is 5.25. The van der Waals surface area contributed by atoms with Crippen molar-refractivity contribution >= 4 is 17.6 Å². The van der Waals surface area contributed by atoms with Crippen molar-refractivity contribution in [1.82, 2.24) is 9.80 Å². The van der Waals surface area contributed by atoms with Gasteiger partial charge in [-0.15, -0.1) is 0 Å². The van der Waals surface area contributed by atoms with Crippen LogP contribution in [0.3, 0.4) is 0 Å². The molecule has 3 rings (SSSR count). The summed E-state index contributed by atoms with van der Waals surface area (Å²) in [5, 5.41) is 2.93. The number of esters is 1. The third-order valence-corrected chi connectivity index (χ3v) is 5.25. The second-order valence-electron chi connectivity index (χ2n) is 7.61. The van der Waals surface area contributed by atoms with E-state index in [0.717, 1.165) is 38.3 Å². The summed E-state index contributed by atoms with van der Waals surface area (Å²) in [7, 11) is 1.35. The summed E-state index contributed by atoms with van der Waals surface area (Å²) in [6.07, 6.45) is 0. The summed E-state index contributed by atoms with van der Waals surface area (Å²) in [5.74, 6) is -0.479. The molecule has 6 nitrogen and oxygen atoms in total. The maximum atomic E-state index is 12.5. The number of amides is 1. The van der Waals surface area contributed by atoms with Gasteiger partial charge in [-0.2, -0.15) is 0 Å². The van der Waals surface area contributed by atoms with E-state index >= 15 is 0 Å². The van der Waals surface area contributed by atoms with Crippen LogP contribution in [0.2, 0.25) is 0 Å². The number of benzene rings is 2. The lowest BCUT2D eigenvalue weighted by atomic mass is 10.1. The summed E-state index contributed by atoms with van der Waals surface area (Å²) in [6, 6.07) is 13.8. The molecule has 0 aromatic heterocycles. The number of aryl methyl sites for hydroxylation is 2. The number of methoxy groups -OCH3 is 1. The van der Waals surface area contributed by atoms with Crippen LogP contribution < -0.4 is 5.32 Å². The van der Waals surface area contributed by atoms with E-state index in [0.29, 0.717) is 17.8 Å². The molecule has 2 aromatic carbocycles. The Morgan fingerprint density at radius 1 is 1.00 bits per heavy atom. The SMILES string of the molecule is COC(=O)c1ccc(C)c(NC(=O)CN2CCN(Cc3cccc(C)c3)CC2)c1. The van der Waals surface area contributed by atoms with Gasteiger partial charge in [0.1, 0.15) is 0 Å². The predicted molar refractivity (Wildman–Crippen MR) is 114 cm³/mol. The minimum Gasteiger partial charge on any atom is -0.465 e. The molecule has 1 saturated heterocycles. The van der Waals surface area contributed by atoms with E-state index in [1.54, 1.807) is 12.1 Å². The van der Waals surface area contributed by atoms with Crippen molar-refractivity contribution in [2.45, 2.75) is 20.4 Å². The minimum atomic E-state index is -0.412. The van der Waals surface area contributed by atoms with E-state index in [9.17, 15) is 9.59 Å². The van der Waals surface area contributed by atoms with Crippen molar-refractivity contribution in [2.24, 2.45) is 0 Å². The summed E-state index contributed by atoms with van der Waals surface area (Å²) in [4.78, 5) is 28.8. The Labute approximate surface area is 172 Å². The first-order chi connectivity index (χ1) is 13.9. The maximum Gasteiger partial charge on any atom is 0.337 e. The van der Waals surface area contributed by atoms with Gasteiger partial charge in [-0.25, -0.2) is 4.79 Å². The highest BCUT2D eigenvalue weighted by molar-refractivity contribution is 5.96. The van der Waals surface area contributed by atoms with Crippen LogP contribution >= 0.6 is 0 Å². The fourth-order valence-corrected chi connectivity index (χ4v) is 3.57. The average molecular weight is 396 g/mol. The number of piperazine rings is 1. The highest BCUT2D eigenvalue weighted by Crippen LogP contribution is 2.18. The molecule has 0 aliphatic carbocycles. The normalized spacial score (nSPS) is 15.1. The lowest BCUT2D eigenvalue weighted by Gasteiger charge is -2.34. The third kappa shape index (κ3) is 5.89. The maximum absolute atomic E-state index is 12.5. The Balaban J connectivity index is 1.49. The summed E-state index contributed by atoms with van der Waals surface area (Å²) < 4.78 is 4.75. The average Bonchev–Trinajstić information content (AvgIpc) is 2.70. The Morgan fingerprint density at radius 3 is 2.41 bits per heavy atom. The van der Waals surface area contributed by atoms with E-state index in [1.807, 2.05) is 13.0 Å². The Kier molecular flexibility index (Phi) is 7.01. The van der Waals surface area contributed by atoms with Crippen molar-refractivity contribution in [1.29, 1.82) is 0 Å². The zero-order chi connectivity index (χ0) is 20.8. The molecule has 154 valence electrons. The molecule has 1 aliphatic heterocycles. The molecule has 1 amide bonds. The fraction of sp³-hybridized carbons (Fsp3) is 0.391.